The number of rotatable bonds is 9. The Morgan fingerprint density at radius 3 is 2.73 bits per heavy atom. The summed E-state index contributed by atoms with van der Waals surface area (Å²) >= 11 is 7.92. The molecule has 1 amide bonds. The van der Waals surface area contributed by atoms with Crippen molar-refractivity contribution in [3.8, 4) is 5.75 Å². The minimum atomic E-state index is -0.205. The lowest BCUT2D eigenvalue weighted by molar-refractivity contribution is -0.118. The first-order valence-electron chi connectivity index (χ1n) is 9.83. The summed E-state index contributed by atoms with van der Waals surface area (Å²) in [6.07, 6.45) is 1.58. The number of benzene rings is 3. The lowest BCUT2D eigenvalue weighted by atomic mass is 10.1. The molecule has 1 aromatic heterocycles. The molecule has 33 heavy (non-hydrogen) atoms. The fraction of sp³-hybridized carbons (Fsp3) is 0.130. The van der Waals surface area contributed by atoms with Crippen LogP contribution in [0.25, 0.3) is 10.8 Å². The van der Waals surface area contributed by atoms with Crippen molar-refractivity contribution in [3.63, 3.8) is 0 Å². The van der Waals surface area contributed by atoms with Gasteiger partial charge in [-0.25, -0.2) is 5.43 Å². The summed E-state index contributed by atoms with van der Waals surface area (Å²) in [4.78, 5) is 12.1. The van der Waals surface area contributed by atoms with Gasteiger partial charge in [0.05, 0.1) is 23.5 Å². The smallest absolute Gasteiger partial charge is 0.250 e. The van der Waals surface area contributed by atoms with Crippen molar-refractivity contribution in [3.05, 3.63) is 76.3 Å². The molecule has 3 aromatic carbocycles. The van der Waals surface area contributed by atoms with E-state index in [-0.39, 0.29) is 11.7 Å². The lowest BCUT2D eigenvalue weighted by Crippen LogP contribution is -2.19. The summed E-state index contributed by atoms with van der Waals surface area (Å²) in [7, 11) is 1.61. The number of amides is 1. The van der Waals surface area contributed by atoms with Crippen molar-refractivity contribution in [2.24, 2.45) is 5.10 Å². The van der Waals surface area contributed by atoms with Gasteiger partial charge < -0.3 is 4.74 Å². The van der Waals surface area contributed by atoms with E-state index in [1.807, 2.05) is 24.3 Å². The zero-order valence-corrected chi connectivity index (χ0v) is 21.6. The molecule has 168 valence electrons. The Labute approximate surface area is 212 Å². The summed E-state index contributed by atoms with van der Waals surface area (Å²) in [6.45, 7) is 0. The molecule has 0 aliphatic rings. The van der Waals surface area contributed by atoms with Crippen molar-refractivity contribution in [2.45, 2.75) is 14.4 Å². The number of nitrogens with one attached hydrogen (secondary N) is 1. The molecule has 1 heterocycles. The van der Waals surface area contributed by atoms with Crippen LogP contribution >= 0.6 is 50.8 Å². The first-order valence-corrected chi connectivity index (χ1v) is 13.4. The van der Waals surface area contributed by atoms with Gasteiger partial charge in [0, 0.05) is 5.75 Å². The highest BCUT2D eigenvalue weighted by Gasteiger charge is 2.09. The quantitative estimate of drug-likeness (QED) is 0.154. The predicted octanol–water partition coefficient (Wildman–Crippen LogP) is 6.00. The molecule has 0 radical (unpaired) electrons. The molecular formula is C23H19BrN4O2S3. The molecule has 0 spiro atoms. The summed E-state index contributed by atoms with van der Waals surface area (Å²) in [6, 6.07) is 20.2. The van der Waals surface area contributed by atoms with Gasteiger partial charge in [-0.15, -0.1) is 10.2 Å². The van der Waals surface area contributed by atoms with Gasteiger partial charge in [-0.2, -0.15) is 5.10 Å². The summed E-state index contributed by atoms with van der Waals surface area (Å²) in [5.74, 6) is 1.56. The second-order valence-electron chi connectivity index (χ2n) is 6.74. The first kappa shape index (κ1) is 23.7. The highest BCUT2D eigenvalue weighted by Crippen LogP contribution is 2.32. The fourth-order valence-corrected chi connectivity index (χ4v) is 6.35. The van der Waals surface area contributed by atoms with Gasteiger partial charge in [0.2, 0.25) is 0 Å². The molecule has 6 nitrogen and oxygen atoms in total. The Kier molecular flexibility index (Phi) is 8.38. The first-order chi connectivity index (χ1) is 16.1. The van der Waals surface area contributed by atoms with Crippen LogP contribution in [0.1, 0.15) is 11.1 Å². The Morgan fingerprint density at radius 2 is 1.91 bits per heavy atom. The third-order valence-corrected chi connectivity index (χ3v) is 8.38. The lowest BCUT2D eigenvalue weighted by Gasteiger charge is -2.04. The minimum absolute atomic E-state index is 0.205. The maximum atomic E-state index is 12.1. The zero-order valence-electron chi connectivity index (χ0n) is 17.5. The highest BCUT2D eigenvalue weighted by molar-refractivity contribution is 9.10. The van der Waals surface area contributed by atoms with Crippen molar-refractivity contribution < 1.29 is 9.53 Å². The molecule has 0 saturated heterocycles. The Morgan fingerprint density at radius 1 is 1.12 bits per heavy atom. The molecule has 4 rings (SSSR count). The Bertz CT molecular complexity index is 1290. The van der Waals surface area contributed by atoms with Crippen molar-refractivity contribution >= 4 is 73.7 Å². The van der Waals surface area contributed by atoms with E-state index in [4.69, 9.17) is 4.74 Å². The largest absolute Gasteiger partial charge is 0.496 e. The van der Waals surface area contributed by atoms with Crippen LogP contribution in [0, 0.1) is 0 Å². The van der Waals surface area contributed by atoms with E-state index >= 15 is 0 Å². The number of aromatic nitrogens is 2. The van der Waals surface area contributed by atoms with E-state index in [1.165, 1.54) is 39.4 Å². The van der Waals surface area contributed by atoms with Crippen LogP contribution in [0.2, 0.25) is 0 Å². The van der Waals surface area contributed by atoms with E-state index in [0.717, 1.165) is 30.2 Å². The van der Waals surface area contributed by atoms with Crippen molar-refractivity contribution in [1.82, 2.24) is 15.6 Å². The van der Waals surface area contributed by atoms with E-state index in [9.17, 15) is 4.79 Å². The second-order valence-corrected chi connectivity index (χ2v) is 11.0. The van der Waals surface area contributed by atoms with Crippen LogP contribution < -0.4 is 10.2 Å². The van der Waals surface area contributed by atoms with E-state index < -0.39 is 0 Å². The highest BCUT2D eigenvalue weighted by atomic mass is 79.9. The minimum Gasteiger partial charge on any atom is -0.496 e. The van der Waals surface area contributed by atoms with Gasteiger partial charge in [0.25, 0.3) is 5.91 Å². The number of thioether (sulfide) groups is 2. The SMILES string of the molecule is COc1ccc(/C=N/NC(=O)CSc2nnc(SCc3cccc4ccccc34)s2)cc1Br. The molecule has 1 N–H and O–H groups in total. The molecule has 0 bridgehead atoms. The Balaban J connectivity index is 1.25. The van der Waals surface area contributed by atoms with E-state index in [1.54, 1.807) is 25.1 Å². The number of ether oxygens (including phenoxy) is 1. The number of hydrogen-bond donors (Lipinski definition) is 1. The molecule has 4 aromatic rings. The number of fused-ring (bicyclic) bond motifs is 1. The van der Waals surface area contributed by atoms with Crippen LogP contribution in [-0.2, 0) is 10.5 Å². The van der Waals surface area contributed by atoms with Crippen LogP contribution in [0.15, 0.2) is 78.9 Å². The molecule has 0 aliphatic carbocycles. The van der Waals surface area contributed by atoms with Gasteiger partial charge in [0.15, 0.2) is 8.68 Å². The van der Waals surface area contributed by atoms with E-state index in [2.05, 4.69) is 73.1 Å². The molecule has 0 aliphatic heterocycles. The molecule has 0 atom stereocenters. The van der Waals surface area contributed by atoms with Gasteiger partial charge >= 0.3 is 0 Å². The molecule has 0 unspecified atom stereocenters. The van der Waals surface area contributed by atoms with Crippen molar-refractivity contribution in [2.75, 3.05) is 12.9 Å². The maximum absolute atomic E-state index is 12.1. The predicted molar refractivity (Wildman–Crippen MR) is 141 cm³/mol. The number of carbonyl (C=O) groups is 1. The molecular weight excluding hydrogens is 540 g/mol. The number of halogens is 1. The normalized spacial score (nSPS) is 11.2. The zero-order chi connectivity index (χ0) is 23.0. The standard InChI is InChI=1S/C23H19BrN4O2S3/c1-30-20-10-9-15(11-19(20)24)12-25-26-21(29)14-32-23-28-27-22(33-23)31-13-17-7-4-6-16-5-2-3-8-18(16)17/h2-12H,13-14H2,1H3,(H,26,29)/b25-12+. The van der Waals surface area contributed by atoms with Crippen LogP contribution in [-0.4, -0.2) is 35.2 Å². The maximum Gasteiger partial charge on any atom is 0.250 e. The van der Waals surface area contributed by atoms with Crippen molar-refractivity contribution in [1.29, 1.82) is 0 Å². The summed E-state index contributed by atoms with van der Waals surface area (Å²) < 4.78 is 7.66. The van der Waals surface area contributed by atoms with E-state index in [0.29, 0.717) is 0 Å². The number of hydrogen-bond acceptors (Lipinski definition) is 8. The van der Waals surface area contributed by atoms with Crippen LogP contribution in [0.4, 0.5) is 0 Å². The molecule has 0 fully saturated rings. The number of methoxy groups -OCH3 is 1. The Hall–Kier alpha value is -2.40. The third kappa shape index (κ3) is 6.57. The average molecular weight is 560 g/mol. The van der Waals surface area contributed by atoms with Gasteiger partial charge in [-0.1, -0.05) is 77.3 Å². The average Bonchev–Trinajstić information content (AvgIpc) is 3.29. The number of nitrogens with zero attached hydrogens (tertiary/aromatic N) is 3. The molecule has 10 heteroatoms. The van der Waals surface area contributed by atoms with Gasteiger partial charge in [-0.3, -0.25) is 4.79 Å². The summed E-state index contributed by atoms with van der Waals surface area (Å²) in [5.41, 5.74) is 4.64. The fourth-order valence-electron chi connectivity index (χ4n) is 2.97. The van der Waals surface area contributed by atoms with Gasteiger partial charge in [-0.05, 0) is 56.0 Å². The monoisotopic (exact) mass is 558 g/mol. The third-order valence-electron chi connectivity index (χ3n) is 4.52. The second kappa shape index (κ2) is 11.6. The molecule has 0 saturated carbocycles. The number of carbonyl (C=O) groups excluding carboxylic acids is 1. The summed E-state index contributed by atoms with van der Waals surface area (Å²) in [5, 5.41) is 14.9. The van der Waals surface area contributed by atoms with Crippen LogP contribution in [0.3, 0.4) is 0 Å². The number of hydrazone groups is 1. The van der Waals surface area contributed by atoms with Crippen LogP contribution in [0.5, 0.6) is 5.75 Å². The topological polar surface area (TPSA) is 76.5 Å². The van der Waals surface area contributed by atoms with Gasteiger partial charge in [0.1, 0.15) is 5.75 Å².